The minimum Gasteiger partial charge on any atom is -0.452 e. The lowest BCUT2D eigenvalue weighted by Crippen LogP contribution is -2.40. The zero-order valence-corrected chi connectivity index (χ0v) is 20.8. The molecule has 0 saturated carbocycles. The Labute approximate surface area is 202 Å². The second kappa shape index (κ2) is 10.4. The number of esters is 1. The molecule has 0 aliphatic carbocycles. The molecule has 34 heavy (non-hydrogen) atoms. The summed E-state index contributed by atoms with van der Waals surface area (Å²) in [5.41, 5.74) is 0.461. The van der Waals surface area contributed by atoms with Crippen LogP contribution in [0, 0.1) is 6.92 Å². The molecule has 13 heteroatoms. The molecule has 1 saturated heterocycles. The smallest absolute Gasteiger partial charge is 0.338 e. The second-order valence-corrected chi connectivity index (χ2v) is 11.9. The number of rotatable bonds is 7. The number of halogens is 1. The Balaban J connectivity index is 1.70. The SMILES string of the molecule is Cc1ccc(C(=O)OCC(=O)Nc2cc(S(C)(=O)=O)ccc2Cl)cc1S(=O)(=O)N1CCOCC1. The number of ether oxygens (including phenoxy) is 2. The van der Waals surface area contributed by atoms with Crippen LogP contribution in [0.3, 0.4) is 0 Å². The van der Waals surface area contributed by atoms with Crippen molar-refractivity contribution in [1.29, 1.82) is 0 Å². The van der Waals surface area contributed by atoms with Gasteiger partial charge in [-0.05, 0) is 42.8 Å². The van der Waals surface area contributed by atoms with Crippen molar-refractivity contribution in [3.8, 4) is 0 Å². The first-order valence-corrected chi connectivity index (χ1v) is 13.8. The molecule has 1 aliphatic rings. The van der Waals surface area contributed by atoms with Gasteiger partial charge in [0.2, 0.25) is 10.0 Å². The summed E-state index contributed by atoms with van der Waals surface area (Å²) in [5.74, 6) is -1.65. The minimum atomic E-state index is -3.84. The number of carbonyl (C=O) groups is 2. The number of nitrogens with zero attached hydrogens (tertiary/aromatic N) is 1. The molecule has 1 amide bonds. The maximum Gasteiger partial charge on any atom is 0.338 e. The third-order valence-corrected chi connectivity index (χ3v) is 8.47. The highest BCUT2D eigenvalue weighted by Gasteiger charge is 2.28. The molecular formula is C21H23ClN2O8S2. The van der Waals surface area contributed by atoms with Gasteiger partial charge in [-0.15, -0.1) is 0 Å². The van der Waals surface area contributed by atoms with Gasteiger partial charge in [0.25, 0.3) is 5.91 Å². The third-order valence-electron chi connectivity index (χ3n) is 4.99. The number of sulfonamides is 1. The monoisotopic (exact) mass is 530 g/mol. The molecule has 0 unspecified atom stereocenters. The fourth-order valence-electron chi connectivity index (χ4n) is 3.16. The summed E-state index contributed by atoms with van der Waals surface area (Å²) in [6, 6.07) is 7.92. The van der Waals surface area contributed by atoms with Crippen LogP contribution in [0.2, 0.25) is 5.02 Å². The Bertz CT molecular complexity index is 1320. The number of sulfone groups is 1. The summed E-state index contributed by atoms with van der Waals surface area (Å²) in [5, 5.41) is 2.49. The fraction of sp³-hybridized carbons (Fsp3) is 0.333. The number of hydrogen-bond donors (Lipinski definition) is 1. The summed E-state index contributed by atoms with van der Waals surface area (Å²) < 4.78 is 60.9. The van der Waals surface area contributed by atoms with Crippen molar-refractivity contribution in [3.05, 3.63) is 52.5 Å². The highest BCUT2D eigenvalue weighted by molar-refractivity contribution is 7.90. The van der Waals surface area contributed by atoms with E-state index in [0.29, 0.717) is 5.56 Å². The van der Waals surface area contributed by atoms with E-state index in [1.165, 1.54) is 40.7 Å². The summed E-state index contributed by atoms with van der Waals surface area (Å²) in [6.07, 6.45) is 1.01. The van der Waals surface area contributed by atoms with Crippen LogP contribution in [-0.2, 0) is 34.1 Å². The number of benzene rings is 2. The Morgan fingerprint density at radius 2 is 1.76 bits per heavy atom. The van der Waals surface area contributed by atoms with Crippen LogP contribution in [0.15, 0.2) is 46.2 Å². The molecule has 1 aliphatic heterocycles. The van der Waals surface area contributed by atoms with Gasteiger partial charge in [0.1, 0.15) is 0 Å². The first-order valence-electron chi connectivity index (χ1n) is 10.0. The van der Waals surface area contributed by atoms with Crippen LogP contribution in [-0.4, -0.2) is 72.2 Å². The van der Waals surface area contributed by atoms with Crippen LogP contribution in [0.4, 0.5) is 5.69 Å². The van der Waals surface area contributed by atoms with Crippen LogP contribution >= 0.6 is 11.6 Å². The van der Waals surface area contributed by atoms with E-state index in [1.807, 2.05) is 0 Å². The van der Waals surface area contributed by atoms with Crippen molar-refractivity contribution >= 4 is 49.0 Å². The standard InChI is InChI=1S/C21H23ClN2O8S2/c1-14-3-4-15(11-19(14)34(29,30)24-7-9-31-10-8-24)21(26)32-13-20(25)23-18-12-16(33(2,27)28)5-6-17(18)22/h3-6,11-12H,7-10,13H2,1-2H3,(H,23,25). The van der Waals surface area contributed by atoms with Gasteiger partial charge < -0.3 is 14.8 Å². The Kier molecular flexibility index (Phi) is 7.98. The van der Waals surface area contributed by atoms with Crippen LogP contribution in [0.1, 0.15) is 15.9 Å². The molecular weight excluding hydrogens is 508 g/mol. The maximum atomic E-state index is 13.0. The average molecular weight is 531 g/mol. The molecule has 0 radical (unpaired) electrons. The van der Waals surface area contributed by atoms with Crippen LogP contribution < -0.4 is 5.32 Å². The van der Waals surface area contributed by atoms with E-state index in [4.69, 9.17) is 21.1 Å². The summed E-state index contributed by atoms with van der Waals surface area (Å²) >= 11 is 6.00. The first kappa shape index (κ1) is 26.1. The molecule has 0 bridgehead atoms. The zero-order valence-electron chi connectivity index (χ0n) is 18.4. The van der Waals surface area contributed by atoms with Gasteiger partial charge in [-0.25, -0.2) is 21.6 Å². The number of hydrogen-bond acceptors (Lipinski definition) is 8. The van der Waals surface area contributed by atoms with E-state index < -0.39 is 38.3 Å². The van der Waals surface area contributed by atoms with E-state index in [0.717, 1.165) is 6.26 Å². The lowest BCUT2D eigenvalue weighted by atomic mass is 10.1. The molecule has 1 heterocycles. The Morgan fingerprint density at radius 3 is 2.41 bits per heavy atom. The van der Waals surface area contributed by atoms with Gasteiger partial charge in [-0.1, -0.05) is 17.7 Å². The van der Waals surface area contributed by atoms with Gasteiger partial charge in [0, 0.05) is 19.3 Å². The Morgan fingerprint density at radius 1 is 1.09 bits per heavy atom. The van der Waals surface area contributed by atoms with E-state index in [1.54, 1.807) is 6.92 Å². The number of morpholine rings is 1. The van der Waals surface area contributed by atoms with E-state index in [9.17, 15) is 26.4 Å². The molecule has 1 N–H and O–H groups in total. The minimum absolute atomic E-state index is 0.0299. The molecule has 0 atom stereocenters. The maximum absolute atomic E-state index is 13.0. The molecule has 3 rings (SSSR count). The van der Waals surface area contributed by atoms with Gasteiger partial charge in [0.15, 0.2) is 16.4 Å². The average Bonchev–Trinajstić information content (AvgIpc) is 2.79. The number of anilines is 1. The molecule has 184 valence electrons. The van der Waals surface area contributed by atoms with Gasteiger partial charge >= 0.3 is 5.97 Å². The van der Waals surface area contributed by atoms with Gasteiger partial charge in [0.05, 0.1) is 39.3 Å². The van der Waals surface area contributed by atoms with Crippen molar-refractivity contribution in [2.24, 2.45) is 0 Å². The highest BCUT2D eigenvalue weighted by atomic mass is 35.5. The second-order valence-electron chi connectivity index (χ2n) is 7.53. The topological polar surface area (TPSA) is 136 Å². The normalized spacial score (nSPS) is 15.0. The lowest BCUT2D eigenvalue weighted by molar-refractivity contribution is -0.119. The molecule has 1 fully saturated rings. The van der Waals surface area contributed by atoms with Crippen molar-refractivity contribution in [2.75, 3.05) is 44.5 Å². The largest absolute Gasteiger partial charge is 0.452 e. The van der Waals surface area contributed by atoms with Crippen LogP contribution in [0.25, 0.3) is 0 Å². The van der Waals surface area contributed by atoms with Gasteiger partial charge in [-0.2, -0.15) is 4.31 Å². The van der Waals surface area contributed by atoms with Crippen molar-refractivity contribution in [2.45, 2.75) is 16.7 Å². The van der Waals surface area contributed by atoms with Gasteiger partial charge in [-0.3, -0.25) is 4.79 Å². The van der Waals surface area contributed by atoms with Crippen molar-refractivity contribution < 1.29 is 35.9 Å². The lowest BCUT2D eigenvalue weighted by Gasteiger charge is -2.26. The van der Waals surface area contributed by atoms with Crippen molar-refractivity contribution in [3.63, 3.8) is 0 Å². The van der Waals surface area contributed by atoms with E-state index in [2.05, 4.69) is 5.32 Å². The third kappa shape index (κ3) is 6.13. The van der Waals surface area contributed by atoms with Crippen LogP contribution in [0.5, 0.6) is 0 Å². The summed E-state index contributed by atoms with van der Waals surface area (Å²) in [4.78, 5) is 24.6. The Hall–Kier alpha value is -2.51. The quantitative estimate of drug-likeness (QED) is 0.536. The highest BCUT2D eigenvalue weighted by Crippen LogP contribution is 2.26. The summed E-state index contributed by atoms with van der Waals surface area (Å²) in [6.45, 7) is 1.90. The first-order chi connectivity index (χ1) is 15.9. The van der Waals surface area contributed by atoms with Crippen molar-refractivity contribution in [1.82, 2.24) is 4.31 Å². The molecule has 0 spiro atoms. The predicted molar refractivity (Wildman–Crippen MR) is 124 cm³/mol. The molecule has 10 nitrogen and oxygen atoms in total. The molecule has 2 aromatic carbocycles. The molecule has 0 aromatic heterocycles. The number of amides is 1. The number of nitrogens with one attached hydrogen (secondary N) is 1. The fourth-order valence-corrected chi connectivity index (χ4v) is 5.63. The number of carbonyl (C=O) groups excluding carboxylic acids is 2. The van der Waals surface area contributed by atoms with E-state index >= 15 is 0 Å². The predicted octanol–water partition coefficient (Wildman–Crippen LogP) is 1.87. The van der Waals surface area contributed by atoms with E-state index in [-0.39, 0.29) is 52.4 Å². The zero-order chi connectivity index (χ0) is 25.1. The number of aryl methyl sites for hydroxylation is 1. The molecule has 2 aromatic rings. The summed E-state index contributed by atoms with van der Waals surface area (Å²) in [7, 11) is -7.36.